The smallest absolute Gasteiger partial charge is 0.446 e. The van der Waals surface area contributed by atoms with Gasteiger partial charge in [0.15, 0.2) is 0 Å². The lowest BCUT2D eigenvalue weighted by atomic mass is 10.0. The fourth-order valence-corrected chi connectivity index (χ4v) is 3.44. The van der Waals surface area contributed by atoms with Gasteiger partial charge in [-0.3, -0.25) is 4.79 Å². The number of ether oxygens (including phenoxy) is 1. The van der Waals surface area contributed by atoms with Crippen LogP contribution in [0, 0.1) is 0 Å². The van der Waals surface area contributed by atoms with Gasteiger partial charge in [0.1, 0.15) is 6.04 Å². The molecule has 3 aromatic rings. The van der Waals surface area contributed by atoms with Gasteiger partial charge in [0.25, 0.3) is 5.91 Å². The normalized spacial score (nSPS) is 12.6. The van der Waals surface area contributed by atoms with Crippen LogP contribution in [0.5, 0.6) is 0 Å². The number of esters is 1. The maximum absolute atomic E-state index is 12.5. The number of benzene rings is 2. The van der Waals surface area contributed by atoms with Crippen LogP contribution in [0.3, 0.4) is 0 Å². The highest BCUT2D eigenvalue weighted by Gasteiger charge is 2.29. The molecule has 0 aliphatic heterocycles. The minimum atomic E-state index is -4.40. The van der Waals surface area contributed by atoms with E-state index in [0.717, 1.165) is 16.5 Å². The van der Waals surface area contributed by atoms with E-state index < -0.39 is 23.4 Å². The number of para-hydroxylation sites is 1. The Bertz CT molecular complexity index is 1020. The van der Waals surface area contributed by atoms with Crippen LogP contribution in [-0.2, 0) is 16.0 Å². The summed E-state index contributed by atoms with van der Waals surface area (Å²) in [5, 5.41) is 3.52. The lowest BCUT2D eigenvalue weighted by molar-refractivity contribution is -0.142. The average molecular weight is 422 g/mol. The molecule has 29 heavy (non-hydrogen) atoms. The topological polar surface area (TPSA) is 71.2 Å². The van der Waals surface area contributed by atoms with E-state index >= 15 is 0 Å². The monoisotopic (exact) mass is 422 g/mol. The first-order chi connectivity index (χ1) is 13.8. The van der Waals surface area contributed by atoms with E-state index in [-0.39, 0.29) is 28.6 Å². The second kappa shape index (κ2) is 8.60. The van der Waals surface area contributed by atoms with Crippen LogP contribution in [0.25, 0.3) is 10.9 Å². The predicted molar refractivity (Wildman–Crippen MR) is 104 cm³/mol. The zero-order valence-electron chi connectivity index (χ0n) is 15.2. The van der Waals surface area contributed by atoms with Crippen molar-refractivity contribution in [1.29, 1.82) is 0 Å². The summed E-state index contributed by atoms with van der Waals surface area (Å²) in [7, 11) is 1.22. The number of H-pyrrole nitrogens is 1. The summed E-state index contributed by atoms with van der Waals surface area (Å²) in [5.74, 6) is -1.20. The Morgan fingerprint density at radius 2 is 1.83 bits per heavy atom. The number of aromatic nitrogens is 1. The van der Waals surface area contributed by atoms with E-state index in [2.05, 4.69) is 10.3 Å². The van der Waals surface area contributed by atoms with Crippen molar-refractivity contribution in [3.8, 4) is 0 Å². The Morgan fingerprint density at radius 1 is 1.14 bits per heavy atom. The zero-order chi connectivity index (χ0) is 21.0. The number of nitrogens with one attached hydrogen (secondary N) is 2. The fourth-order valence-electron chi connectivity index (χ4n) is 2.91. The van der Waals surface area contributed by atoms with Crippen molar-refractivity contribution < 1.29 is 27.5 Å². The molecule has 1 amide bonds. The van der Waals surface area contributed by atoms with Crippen molar-refractivity contribution in [2.45, 2.75) is 22.9 Å². The van der Waals surface area contributed by atoms with Crippen molar-refractivity contribution in [3.63, 3.8) is 0 Å². The van der Waals surface area contributed by atoms with Crippen LogP contribution >= 0.6 is 11.8 Å². The molecular weight excluding hydrogens is 405 g/mol. The molecule has 0 saturated carbocycles. The molecule has 0 saturated heterocycles. The zero-order valence-corrected chi connectivity index (χ0v) is 16.1. The molecule has 1 heterocycles. The Kier molecular flexibility index (Phi) is 6.17. The van der Waals surface area contributed by atoms with E-state index in [1.807, 2.05) is 24.3 Å². The van der Waals surface area contributed by atoms with E-state index in [1.54, 1.807) is 6.20 Å². The number of methoxy groups -OCH3 is 1. The molecular formula is C20H17F3N2O3S. The first kappa shape index (κ1) is 20.8. The minimum Gasteiger partial charge on any atom is -0.467 e. The number of carbonyl (C=O) groups excluding carboxylic acids is 2. The predicted octanol–water partition coefficient (Wildman–Crippen LogP) is 4.29. The lowest BCUT2D eigenvalue weighted by Gasteiger charge is -2.16. The maximum Gasteiger partial charge on any atom is 0.446 e. The van der Waals surface area contributed by atoms with Crippen molar-refractivity contribution in [3.05, 3.63) is 65.9 Å². The number of aromatic amines is 1. The van der Waals surface area contributed by atoms with Crippen molar-refractivity contribution in [1.82, 2.24) is 10.3 Å². The first-order valence-electron chi connectivity index (χ1n) is 8.56. The number of rotatable bonds is 6. The molecule has 0 spiro atoms. The largest absolute Gasteiger partial charge is 0.467 e. The fraction of sp³-hybridized carbons (Fsp3) is 0.200. The molecule has 152 valence electrons. The molecule has 0 aliphatic rings. The first-order valence-corrected chi connectivity index (χ1v) is 9.38. The van der Waals surface area contributed by atoms with Gasteiger partial charge in [-0.05, 0) is 47.7 Å². The van der Waals surface area contributed by atoms with Crippen LogP contribution in [0.2, 0.25) is 0 Å². The van der Waals surface area contributed by atoms with Gasteiger partial charge in [0.05, 0.1) is 7.11 Å². The van der Waals surface area contributed by atoms with Gasteiger partial charge in [-0.25, -0.2) is 4.79 Å². The standard InChI is InChI=1S/C20H17F3N2O3S/c1-28-19(27)17(10-13-11-24-16-5-3-2-4-15(13)16)25-18(26)12-6-8-14(9-7-12)29-20(21,22)23/h2-9,11,17,24H,10H2,1H3,(H,25,26). The SMILES string of the molecule is COC(=O)C(Cc1c[nH]c2ccccc12)NC(=O)c1ccc(SC(F)(F)F)cc1. The van der Waals surface area contributed by atoms with E-state index in [4.69, 9.17) is 4.74 Å². The van der Waals surface area contributed by atoms with Crippen LogP contribution in [0.4, 0.5) is 13.2 Å². The molecule has 1 unspecified atom stereocenters. The molecule has 1 atom stereocenters. The minimum absolute atomic E-state index is 0.0302. The molecule has 5 nitrogen and oxygen atoms in total. The molecule has 3 rings (SSSR count). The highest BCUT2D eigenvalue weighted by Crippen LogP contribution is 2.36. The Morgan fingerprint density at radius 3 is 2.48 bits per heavy atom. The van der Waals surface area contributed by atoms with Crippen LogP contribution in [-0.4, -0.2) is 35.5 Å². The van der Waals surface area contributed by atoms with Crippen LogP contribution in [0.1, 0.15) is 15.9 Å². The Labute approximate surface area is 168 Å². The number of fused-ring (bicyclic) bond motifs is 1. The third kappa shape index (κ3) is 5.32. The van der Waals surface area contributed by atoms with Gasteiger partial charge in [-0.15, -0.1) is 0 Å². The number of amides is 1. The number of thioether (sulfide) groups is 1. The van der Waals surface area contributed by atoms with Crippen LogP contribution < -0.4 is 5.32 Å². The molecule has 0 aliphatic carbocycles. The molecule has 2 N–H and O–H groups in total. The summed E-state index contributed by atoms with van der Waals surface area (Å²) in [4.78, 5) is 27.8. The molecule has 0 bridgehead atoms. The quantitative estimate of drug-likeness (QED) is 0.459. The van der Waals surface area contributed by atoms with E-state index in [9.17, 15) is 22.8 Å². The number of alkyl halides is 3. The number of hydrogen-bond acceptors (Lipinski definition) is 4. The highest BCUT2D eigenvalue weighted by atomic mass is 32.2. The van der Waals surface area contributed by atoms with Gasteiger partial charge in [-0.2, -0.15) is 13.2 Å². The summed E-state index contributed by atoms with van der Waals surface area (Å²) >= 11 is -0.262. The summed E-state index contributed by atoms with van der Waals surface area (Å²) in [6.45, 7) is 0. The second-order valence-electron chi connectivity index (χ2n) is 6.19. The summed E-state index contributed by atoms with van der Waals surface area (Å²) in [6.07, 6.45) is 1.96. The Hall–Kier alpha value is -2.94. The van der Waals surface area contributed by atoms with E-state index in [0.29, 0.717) is 0 Å². The summed E-state index contributed by atoms with van der Waals surface area (Å²) in [5.41, 5.74) is -2.54. The average Bonchev–Trinajstić information content (AvgIpc) is 3.09. The second-order valence-corrected chi connectivity index (χ2v) is 7.32. The van der Waals surface area contributed by atoms with Crippen LogP contribution in [0.15, 0.2) is 59.6 Å². The lowest BCUT2D eigenvalue weighted by Crippen LogP contribution is -2.43. The van der Waals surface area contributed by atoms with Crippen molar-refractivity contribution >= 4 is 34.5 Å². The molecule has 0 radical (unpaired) electrons. The molecule has 1 aromatic heterocycles. The maximum atomic E-state index is 12.5. The van der Waals surface area contributed by atoms with Gasteiger partial charge in [-0.1, -0.05) is 18.2 Å². The number of hydrogen-bond donors (Lipinski definition) is 2. The van der Waals surface area contributed by atoms with Gasteiger partial charge in [0.2, 0.25) is 0 Å². The van der Waals surface area contributed by atoms with Gasteiger partial charge < -0.3 is 15.0 Å². The van der Waals surface area contributed by atoms with Gasteiger partial charge in [0, 0.05) is 34.0 Å². The molecule has 2 aromatic carbocycles. The third-order valence-corrected chi connectivity index (χ3v) is 4.98. The number of carbonyl (C=O) groups is 2. The Balaban J connectivity index is 1.74. The van der Waals surface area contributed by atoms with Crippen molar-refractivity contribution in [2.24, 2.45) is 0 Å². The molecule has 0 fully saturated rings. The highest BCUT2D eigenvalue weighted by molar-refractivity contribution is 8.00. The molecule has 9 heteroatoms. The van der Waals surface area contributed by atoms with E-state index in [1.165, 1.54) is 31.4 Å². The number of halogens is 3. The summed E-state index contributed by atoms with van der Waals surface area (Å²) in [6, 6.07) is 11.6. The third-order valence-electron chi connectivity index (χ3n) is 4.24. The van der Waals surface area contributed by atoms with Gasteiger partial charge >= 0.3 is 11.5 Å². The van der Waals surface area contributed by atoms with Crippen molar-refractivity contribution in [2.75, 3.05) is 7.11 Å². The summed E-state index contributed by atoms with van der Waals surface area (Å²) < 4.78 is 42.1.